The second-order valence-corrected chi connectivity index (χ2v) is 10.3. The molecule has 2 N–H and O–H groups in total. The smallest absolute Gasteiger partial charge is 0.261 e. The minimum atomic E-state index is -3.73. The zero-order chi connectivity index (χ0) is 19.0. The molecule has 0 spiro atoms. The quantitative estimate of drug-likeness (QED) is 0.807. The summed E-state index contributed by atoms with van der Waals surface area (Å²) in [5.41, 5.74) is 3.54. The average molecular weight is 403 g/mol. The van der Waals surface area contributed by atoms with Gasteiger partial charge in [0.25, 0.3) is 10.0 Å². The third-order valence-electron chi connectivity index (χ3n) is 4.98. The summed E-state index contributed by atoms with van der Waals surface area (Å²) in [6.45, 7) is 1.99. The van der Waals surface area contributed by atoms with Crippen LogP contribution < -0.4 is 10.0 Å². The maximum atomic E-state index is 13.0. The summed E-state index contributed by atoms with van der Waals surface area (Å²) in [6, 6.07) is 10.7. The molecule has 0 aromatic heterocycles. The van der Waals surface area contributed by atoms with E-state index in [1.165, 1.54) is 5.56 Å². The number of aryl methyl sites for hydroxylation is 1. The van der Waals surface area contributed by atoms with Gasteiger partial charge < -0.3 is 5.32 Å². The standard InChI is InChI=1S/C20H22N2O3S2/c1-13-11-20(23)21-18-12-15(9-10-19(18)26-13)27(24,25)22-17-8-4-6-14-5-2-3-7-16(14)17/h4,6,8-10,12-13,22H,2-3,5,7,11H2,1H3,(H,21,23)/t13-/m0/s1. The molecule has 4 rings (SSSR count). The minimum Gasteiger partial charge on any atom is -0.325 e. The van der Waals surface area contributed by atoms with Crippen LogP contribution >= 0.6 is 11.8 Å². The summed E-state index contributed by atoms with van der Waals surface area (Å²) in [7, 11) is -3.73. The molecule has 1 amide bonds. The molecule has 142 valence electrons. The lowest BCUT2D eigenvalue weighted by atomic mass is 9.91. The van der Waals surface area contributed by atoms with Gasteiger partial charge in [-0.1, -0.05) is 19.1 Å². The summed E-state index contributed by atoms with van der Waals surface area (Å²) in [6.07, 6.45) is 4.51. The Morgan fingerprint density at radius 1 is 1.15 bits per heavy atom. The van der Waals surface area contributed by atoms with Crippen LogP contribution in [-0.2, 0) is 27.7 Å². The molecule has 0 bridgehead atoms. The molecule has 1 aliphatic heterocycles. The Morgan fingerprint density at radius 3 is 2.81 bits per heavy atom. The van der Waals surface area contributed by atoms with Gasteiger partial charge in [-0.2, -0.15) is 0 Å². The molecular formula is C20H22N2O3S2. The number of thioether (sulfide) groups is 1. The largest absolute Gasteiger partial charge is 0.325 e. The number of fused-ring (bicyclic) bond motifs is 2. The Morgan fingerprint density at radius 2 is 1.96 bits per heavy atom. The van der Waals surface area contributed by atoms with Crippen LogP contribution in [0.1, 0.15) is 37.3 Å². The Bertz CT molecular complexity index is 1000. The van der Waals surface area contributed by atoms with Crippen LogP contribution in [0.5, 0.6) is 0 Å². The number of amides is 1. The van der Waals surface area contributed by atoms with E-state index in [-0.39, 0.29) is 16.1 Å². The maximum absolute atomic E-state index is 13.0. The topological polar surface area (TPSA) is 75.3 Å². The first kappa shape index (κ1) is 18.4. The summed E-state index contributed by atoms with van der Waals surface area (Å²) < 4.78 is 28.7. The summed E-state index contributed by atoms with van der Waals surface area (Å²) in [5.74, 6) is -0.0895. The normalized spacial score (nSPS) is 19.4. The van der Waals surface area contributed by atoms with Crippen LogP contribution in [0.15, 0.2) is 46.2 Å². The highest BCUT2D eigenvalue weighted by atomic mass is 32.2. The molecule has 27 heavy (non-hydrogen) atoms. The van der Waals surface area contributed by atoms with Crippen molar-refractivity contribution in [3.8, 4) is 0 Å². The van der Waals surface area contributed by atoms with Crippen molar-refractivity contribution in [1.82, 2.24) is 0 Å². The molecule has 2 aromatic rings. The van der Waals surface area contributed by atoms with E-state index in [1.54, 1.807) is 30.0 Å². The van der Waals surface area contributed by atoms with Gasteiger partial charge in [0.1, 0.15) is 0 Å². The number of sulfonamides is 1. The van der Waals surface area contributed by atoms with Crippen molar-refractivity contribution in [3.05, 3.63) is 47.5 Å². The third-order valence-corrected chi connectivity index (χ3v) is 7.52. The van der Waals surface area contributed by atoms with Crippen molar-refractivity contribution < 1.29 is 13.2 Å². The third kappa shape index (κ3) is 3.84. The molecule has 1 aliphatic carbocycles. The van der Waals surface area contributed by atoms with E-state index in [1.807, 2.05) is 19.1 Å². The Hall–Kier alpha value is -1.99. The zero-order valence-electron chi connectivity index (χ0n) is 15.1. The number of hydrogen-bond donors (Lipinski definition) is 2. The van der Waals surface area contributed by atoms with Crippen molar-refractivity contribution in [2.75, 3.05) is 10.0 Å². The van der Waals surface area contributed by atoms with Gasteiger partial charge in [0.15, 0.2) is 0 Å². The van der Waals surface area contributed by atoms with Crippen molar-refractivity contribution in [3.63, 3.8) is 0 Å². The van der Waals surface area contributed by atoms with Crippen molar-refractivity contribution in [1.29, 1.82) is 0 Å². The van der Waals surface area contributed by atoms with Gasteiger partial charge in [-0.25, -0.2) is 8.42 Å². The molecule has 0 saturated carbocycles. The van der Waals surface area contributed by atoms with Gasteiger partial charge in [0.2, 0.25) is 5.91 Å². The van der Waals surface area contributed by atoms with Crippen LogP contribution in [0.25, 0.3) is 0 Å². The molecule has 5 nitrogen and oxygen atoms in total. The van der Waals surface area contributed by atoms with Crippen LogP contribution in [-0.4, -0.2) is 19.6 Å². The summed E-state index contributed by atoms with van der Waals surface area (Å²) in [4.78, 5) is 13.0. The van der Waals surface area contributed by atoms with E-state index < -0.39 is 10.0 Å². The van der Waals surface area contributed by atoms with Gasteiger partial charge in [0, 0.05) is 16.6 Å². The number of carbonyl (C=O) groups excluding carboxylic acids is 1. The Balaban J connectivity index is 1.66. The summed E-state index contributed by atoms with van der Waals surface area (Å²) >= 11 is 1.58. The average Bonchev–Trinajstić information content (AvgIpc) is 2.77. The van der Waals surface area contributed by atoms with Crippen LogP contribution in [0, 0.1) is 0 Å². The minimum absolute atomic E-state index is 0.0895. The highest BCUT2D eigenvalue weighted by molar-refractivity contribution is 8.00. The van der Waals surface area contributed by atoms with Gasteiger partial charge in [-0.15, -0.1) is 11.8 Å². The fourth-order valence-corrected chi connectivity index (χ4v) is 5.85. The molecule has 7 heteroatoms. The zero-order valence-corrected chi connectivity index (χ0v) is 16.8. The molecule has 0 fully saturated rings. The second kappa shape index (κ2) is 7.20. The van der Waals surface area contributed by atoms with E-state index in [2.05, 4.69) is 16.1 Å². The van der Waals surface area contributed by atoms with Gasteiger partial charge in [0.05, 0.1) is 16.3 Å². The van der Waals surface area contributed by atoms with Gasteiger partial charge >= 0.3 is 0 Å². The Kier molecular flexibility index (Phi) is 4.90. The number of anilines is 2. The molecule has 1 atom stereocenters. The van der Waals surface area contributed by atoms with Crippen LogP contribution in [0.4, 0.5) is 11.4 Å². The van der Waals surface area contributed by atoms with Gasteiger partial charge in [-0.3, -0.25) is 9.52 Å². The van der Waals surface area contributed by atoms with E-state index in [0.717, 1.165) is 36.1 Å². The van der Waals surface area contributed by atoms with E-state index in [0.29, 0.717) is 17.8 Å². The van der Waals surface area contributed by atoms with Crippen LogP contribution in [0.2, 0.25) is 0 Å². The maximum Gasteiger partial charge on any atom is 0.261 e. The van der Waals surface area contributed by atoms with Crippen molar-refractivity contribution >= 4 is 39.1 Å². The lowest BCUT2D eigenvalue weighted by Crippen LogP contribution is -2.17. The fourth-order valence-electron chi connectivity index (χ4n) is 3.68. The monoisotopic (exact) mass is 402 g/mol. The number of nitrogens with one attached hydrogen (secondary N) is 2. The van der Waals surface area contributed by atoms with Gasteiger partial charge in [-0.05, 0) is 61.1 Å². The molecule has 2 aromatic carbocycles. The predicted octanol–water partition coefficient (Wildman–Crippen LogP) is 4.19. The highest BCUT2D eigenvalue weighted by Gasteiger charge is 2.23. The molecular weight excluding hydrogens is 380 g/mol. The summed E-state index contributed by atoms with van der Waals surface area (Å²) in [5, 5.41) is 2.98. The molecule has 2 aliphatic rings. The molecule has 1 heterocycles. The Labute approximate surface area is 164 Å². The van der Waals surface area contributed by atoms with E-state index >= 15 is 0 Å². The highest BCUT2D eigenvalue weighted by Crippen LogP contribution is 2.37. The van der Waals surface area contributed by atoms with Crippen molar-refractivity contribution in [2.45, 2.75) is 54.1 Å². The number of carbonyl (C=O) groups is 1. The number of rotatable bonds is 3. The first-order valence-electron chi connectivity index (χ1n) is 9.16. The van der Waals surface area contributed by atoms with Crippen LogP contribution in [0.3, 0.4) is 0 Å². The van der Waals surface area contributed by atoms with Crippen molar-refractivity contribution in [2.24, 2.45) is 0 Å². The number of hydrogen-bond acceptors (Lipinski definition) is 4. The number of benzene rings is 2. The fraction of sp³-hybridized carbons (Fsp3) is 0.350. The SMILES string of the molecule is C[C@H]1CC(=O)Nc2cc(S(=O)(=O)Nc3cccc4c3CCCC4)ccc2S1. The first-order valence-corrected chi connectivity index (χ1v) is 11.5. The van der Waals surface area contributed by atoms with E-state index in [4.69, 9.17) is 0 Å². The molecule has 0 unspecified atom stereocenters. The molecule has 0 radical (unpaired) electrons. The molecule has 0 saturated heterocycles. The first-order chi connectivity index (χ1) is 12.9. The predicted molar refractivity (Wildman–Crippen MR) is 109 cm³/mol. The lowest BCUT2D eigenvalue weighted by Gasteiger charge is -2.20. The lowest BCUT2D eigenvalue weighted by molar-refractivity contribution is -0.116. The second-order valence-electron chi connectivity index (χ2n) is 7.09. The van der Waals surface area contributed by atoms with E-state index in [9.17, 15) is 13.2 Å².